The summed E-state index contributed by atoms with van der Waals surface area (Å²) in [5.41, 5.74) is -2.36. The number of anilines is 1. The number of carboxylic acid groups (broad SMARTS) is 1. The highest BCUT2D eigenvalue weighted by molar-refractivity contribution is 7.90. The highest BCUT2D eigenvalue weighted by Crippen LogP contribution is 2.59. The normalized spacial score (nSPS) is 18.9. The number of halogens is 4. The average molecular weight is 728 g/mol. The topological polar surface area (TPSA) is 169 Å². The van der Waals surface area contributed by atoms with Gasteiger partial charge in [0.2, 0.25) is 5.88 Å². The number of amides is 2. The van der Waals surface area contributed by atoms with Crippen molar-refractivity contribution in [2.75, 3.05) is 18.5 Å². The Morgan fingerprint density at radius 3 is 2.53 bits per heavy atom. The lowest BCUT2D eigenvalue weighted by Gasteiger charge is -2.28. The Morgan fingerprint density at radius 1 is 1.16 bits per heavy atom. The number of aromatic nitrogens is 4. The molecule has 1 saturated heterocycles. The molecule has 1 aliphatic carbocycles. The zero-order valence-electron chi connectivity index (χ0n) is 27.0. The van der Waals surface area contributed by atoms with Gasteiger partial charge in [0.05, 0.1) is 17.6 Å². The first-order valence-corrected chi connectivity index (χ1v) is 17.5. The number of nitrogens with one attached hydrogen (secondary N) is 2. The number of hydrogen-bond donors (Lipinski definition) is 3. The summed E-state index contributed by atoms with van der Waals surface area (Å²) >= 11 is 6.23. The molecule has 0 spiro atoms. The van der Waals surface area contributed by atoms with E-state index in [1.807, 2.05) is 25.5 Å². The highest BCUT2D eigenvalue weighted by atomic mass is 35.5. The number of ether oxygens (including phenoxy) is 1. The number of hydrogen-bond acceptors (Lipinski definition) is 9. The largest absolute Gasteiger partial charge is 0.477 e. The Morgan fingerprint density at radius 2 is 1.90 bits per heavy atom. The Balaban J connectivity index is 1.15. The van der Waals surface area contributed by atoms with E-state index in [0.29, 0.717) is 13.0 Å². The number of rotatable bonds is 13. The Bertz CT molecular complexity index is 1820. The van der Waals surface area contributed by atoms with Crippen molar-refractivity contribution >= 4 is 39.4 Å². The van der Waals surface area contributed by atoms with Crippen LogP contribution in [0.4, 0.5) is 23.8 Å². The lowest BCUT2D eigenvalue weighted by molar-refractivity contribution is -0.190. The molecule has 0 bridgehead atoms. The first-order chi connectivity index (χ1) is 22.9. The fourth-order valence-corrected chi connectivity index (χ4v) is 7.18. The van der Waals surface area contributed by atoms with E-state index >= 15 is 0 Å². The number of carbonyl (C=O) groups is 2. The summed E-state index contributed by atoms with van der Waals surface area (Å²) in [4.78, 5) is 34.2. The Labute approximate surface area is 286 Å². The predicted molar refractivity (Wildman–Crippen MR) is 172 cm³/mol. The van der Waals surface area contributed by atoms with Crippen LogP contribution in [0.3, 0.4) is 0 Å². The van der Waals surface area contributed by atoms with E-state index in [0.717, 1.165) is 12.8 Å². The lowest BCUT2D eigenvalue weighted by atomic mass is 9.92. The maximum absolute atomic E-state index is 13.1. The minimum absolute atomic E-state index is 0.0763. The predicted octanol–water partition coefficient (Wildman–Crippen LogP) is 5.90. The zero-order valence-corrected chi connectivity index (χ0v) is 28.6. The molecular formula is C31H37ClF3N7O6S. The summed E-state index contributed by atoms with van der Waals surface area (Å²) in [6, 6.07) is 8.27. The number of alkyl halides is 3. The van der Waals surface area contributed by atoms with Gasteiger partial charge in [-0.1, -0.05) is 17.7 Å². The molecule has 2 unspecified atom stereocenters. The summed E-state index contributed by atoms with van der Waals surface area (Å²) in [5, 5.41) is 16.0. The van der Waals surface area contributed by atoms with E-state index in [9.17, 15) is 36.3 Å². The Kier molecular flexibility index (Phi) is 10.1. The van der Waals surface area contributed by atoms with Crippen LogP contribution < -0.4 is 14.8 Å². The van der Waals surface area contributed by atoms with Crippen molar-refractivity contribution < 1.29 is 41.0 Å². The van der Waals surface area contributed by atoms with Gasteiger partial charge in [-0.05, 0) is 89.5 Å². The molecule has 18 heteroatoms. The van der Waals surface area contributed by atoms with Gasteiger partial charge in [0, 0.05) is 30.4 Å². The molecule has 5 rings (SSSR count). The second-order valence-electron chi connectivity index (χ2n) is 13.2. The zero-order chi connectivity index (χ0) is 35.8. The minimum Gasteiger partial charge on any atom is -0.477 e. The van der Waals surface area contributed by atoms with Crippen molar-refractivity contribution in [1.29, 1.82) is 0 Å². The third-order valence-electron chi connectivity index (χ3n) is 8.98. The van der Waals surface area contributed by atoms with Crippen LogP contribution >= 0.6 is 11.6 Å². The molecule has 2 atom stereocenters. The minimum atomic E-state index is -4.42. The van der Waals surface area contributed by atoms with E-state index in [4.69, 9.17) is 16.3 Å². The van der Waals surface area contributed by atoms with Crippen molar-refractivity contribution in [3.8, 4) is 11.7 Å². The molecule has 13 nitrogen and oxygen atoms in total. The van der Waals surface area contributed by atoms with Gasteiger partial charge in [0.15, 0.2) is 10.8 Å². The first kappa shape index (κ1) is 36.2. The van der Waals surface area contributed by atoms with Crippen LogP contribution in [0.2, 0.25) is 5.15 Å². The molecule has 3 N–H and O–H groups in total. The molecular weight excluding hydrogens is 691 g/mol. The van der Waals surface area contributed by atoms with E-state index in [1.165, 1.54) is 46.1 Å². The molecule has 1 aliphatic heterocycles. The fourth-order valence-electron chi connectivity index (χ4n) is 6.01. The molecule has 3 aromatic rings. The van der Waals surface area contributed by atoms with Crippen molar-refractivity contribution in [2.24, 2.45) is 11.3 Å². The van der Waals surface area contributed by atoms with E-state index in [2.05, 4.69) is 20.4 Å². The third-order valence-corrected chi connectivity index (χ3v) is 10.5. The number of likely N-dealkylation sites (tertiary alicyclic amines) is 1. The Hall–Kier alpha value is -4.12. The number of pyridine rings is 2. The van der Waals surface area contributed by atoms with Gasteiger partial charge in [-0.3, -0.25) is 4.79 Å². The second-order valence-corrected chi connectivity index (χ2v) is 15.2. The van der Waals surface area contributed by atoms with Crippen LogP contribution in [0.5, 0.6) is 5.88 Å². The first-order valence-electron chi connectivity index (χ1n) is 15.6. The van der Waals surface area contributed by atoms with Crippen molar-refractivity contribution in [1.82, 2.24) is 29.4 Å². The van der Waals surface area contributed by atoms with Crippen LogP contribution in [0, 0.1) is 11.3 Å². The highest BCUT2D eigenvalue weighted by Gasteiger charge is 2.62. The molecule has 49 heavy (non-hydrogen) atoms. The van der Waals surface area contributed by atoms with Gasteiger partial charge in [0.1, 0.15) is 11.0 Å². The maximum atomic E-state index is 13.1. The molecule has 1 saturated carbocycles. The maximum Gasteiger partial charge on any atom is 0.407 e. The van der Waals surface area contributed by atoms with Crippen LogP contribution in [0.1, 0.15) is 69.7 Å². The molecule has 2 fully saturated rings. The van der Waals surface area contributed by atoms with Crippen LogP contribution in [0.15, 0.2) is 47.6 Å². The molecule has 2 aliphatic rings. The van der Waals surface area contributed by atoms with Gasteiger partial charge in [-0.15, -0.1) is 5.10 Å². The molecule has 266 valence electrons. The van der Waals surface area contributed by atoms with E-state index in [1.54, 1.807) is 6.07 Å². The third kappa shape index (κ3) is 8.37. The van der Waals surface area contributed by atoms with E-state index in [-0.39, 0.29) is 66.1 Å². The molecule has 0 aromatic carbocycles. The van der Waals surface area contributed by atoms with E-state index < -0.39 is 44.2 Å². The number of carbonyl (C=O) groups excluding carboxylic acids is 1. The number of sulfonamides is 1. The standard InChI is InChI=1S/C31H37ClF3N7O6S/c1-19(7-8-20-17-29(2,3)41(18-20)28(44)45)36-22-5-4-6-25(37-22)49(46,47)40-27(43)21-9-10-23(38-26(21)32)42-15-11-24(39-42)48-16-14-30(12-13-30)31(33,34)35/h4-6,9-11,15,19-20H,7-8,12-14,16-18H2,1-3H3,(H,36,37)(H,40,43)(H,44,45). The fraction of sp³-hybridized carbons (Fsp3) is 0.516. The summed E-state index contributed by atoms with van der Waals surface area (Å²) in [5.74, 6) is -0.339. The van der Waals surface area contributed by atoms with Gasteiger partial charge in [-0.2, -0.15) is 21.6 Å². The van der Waals surface area contributed by atoms with Crippen LogP contribution in [0.25, 0.3) is 5.82 Å². The monoisotopic (exact) mass is 727 g/mol. The summed E-state index contributed by atoms with van der Waals surface area (Å²) in [7, 11) is -4.42. The number of nitrogens with zero attached hydrogens (tertiary/aromatic N) is 5. The van der Waals surface area contributed by atoms with Gasteiger partial charge in [-0.25, -0.2) is 24.2 Å². The molecule has 3 aromatic heterocycles. The van der Waals surface area contributed by atoms with Crippen LogP contribution in [-0.2, 0) is 10.0 Å². The lowest BCUT2D eigenvalue weighted by Crippen LogP contribution is -2.41. The quantitative estimate of drug-likeness (QED) is 0.180. The summed E-state index contributed by atoms with van der Waals surface area (Å²) in [6.45, 7) is 6.02. The van der Waals surface area contributed by atoms with Gasteiger partial charge >= 0.3 is 12.3 Å². The SMILES string of the molecule is CC(CCC1CN(C(=O)O)C(C)(C)C1)Nc1cccc(S(=O)(=O)NC(=O)c2ccc(-n3ccc(OCCC4(C(F)(F)F)CC4)n3)nc2Cl)n1. The molecule has 0 radical (unpaired) electrons. The van der Waals surface area contributed by atoms with Crippen molar-refractivity contribution in [2.45, 2.75) is 82.1 Å². The molecule has 2 amide bonds. The molecule has 4 heterocycles. The van der Waals surface area contributed by atoms with Crippen molar-refractivity contribution in [3.05, 3.63) is 53.3 Å². The van der Waals surface area contributed by atoms with Crippen LogP contribution in [-0.4, -0.2) is 81.1 Å². The van der Waals surface area contributed by atoms with Gasteiger partial charge in [0.25, 0.3) is 15.9 Å². The summed E-state index contributed by atoms with van der Waals surface area (Å²) in [6.07, 6.45) is -1.57. The average Bonchev–Trinajstić information content (AvgIpc) is 3.55. The van der Waals surface area contributed by atoms with Gasteiger partial charge < -0.3 is 20.1 Å². The second kappa shape index (κ2) is 13.7. The smallest absolute Gasteiger partial charge is 0.407 e. The van der Waals surface area contributed by atoms with Crippen molar-refractivity contribution in [3.63, 3.8) is 0 Å². The summed E-state index contributed by atoms with van der Waals surface area (Å²) < 4.78 is 74.2.